The molecule has 0 spiro atoms. The highest BCUT2D eigenvalue weighted by molar-refractivity contribution is 7.92. The van der Waals surface area contributed by atoms with Gasteiger partial charge < -0.3 is 4.90 Å². The monoisotopic (exact) mass is 267 g/mol. The summed E-state index contributed by atoms with van der Waals surface area (Å²) < 4.78 is 23.3. The Hall–Kier alpha value is 0.200. The van der Waals surface area contributed by atoms with Crippen LogP contribution < -0.4 is 0 Å². The van der Waals surface area contributed by atoms with Gasteiger partial charge in [0.25, 0.3) is 0 Å². The second-order valence-corrected chi connectivity index (χ2v) is 7.90. The summed E-state index contributed by atoms with van der Waals surface area (Å²) in [7, 11) is -2.88. The zero-order valence-corrected chi connectivity index (χ0v) is 11.7. The van der Waals surface area contributed by atoms with Crippen molar-refractivity contribution >= 4 is 21.4 Å². The average molecular weight is 268 g/mol. The molecule has 0 aromatic rings. The fraction of sp³-hybridized carbons (Fsp3) is 1.00. The Morgan fingerprint density at radius 2 is 2.12 bits per heavy atom. The lowest BCUT2D eigenvalue weighted by Crippen LogP contribution is -2.30. The normalized spacial score (nSPS) is 23.1. The van der Waals surface area contributed by atoms with Gasteiger partial charge in [0, 0.05) is 19.0 Å². The number of nitrogens with zero attached hydrogens (tertiary/aromatic N) is 1. The number of hydrogen-bond acceptors (Lipinski definition) is 3. The zero-order chi connectivity index (χ0) is 12.2. The minimum Gasteiger partial charge on any atom is -0.302 e. The van der Waals surface area contributed by atoms with Crippen molar-refractivity contribution in [2.45, 2.75) is 31.9 Å². The standard InChI is InChI=1S/C11H22ClNO2S/c1-10(2)16(14,15)8-7-13-6-4-11(9-13)3-5-12/h10-11H,3-9H2,1-2H3. The Kier molecular flexibility index (Phi) is 5.54. The Labute approximate surface area is 104 Å². The van der Waals surface area contributed by atoms with Crippen LogP contribution in [0.3, 0.4) is 0 Å². The van der Waals surface area contributed by atoms with Crippen molar-refractivity contribution in [1.29, 1.82) is 0 Å². The van der Waals surface area contributed by atoms with Crippen molar-refractivity contribution in [3.8, 4) is 0 Å². The molecule has 1 rings (SSSR count). The first kappa shape index (κ1) is 14.3. The molecule has 1 heterocycles. The van der Waals surface area contributed by atoms with E-state index in [1.54, 1.807) is 13.8 Å². The molecule has 0 amide bonds. The van der Waals surface area contributed by atoms with Crippen molar-refractivity contribution < 1.29 is 8.42 Å². The van der Waals surface area contributed by atoms with Crippen LogP contribution in [0.4, 0.5) is 0 Å². The number of sulfone groups is 1. The van der Waals surface area contributed by atoms with Gasteiger partial charge in [-0.25, -0.2) is 8.42 Å². The van der Waals surface area contributed by atoms with Crippen LogP contribution in [0.2, 0.25) is 0 Å². The van der Waals surface area contributed by atoms with Gasteiger partial charge in [-0.15, -0.1) is 11.6 Å². The van der Waals surface area contributed by atoms with E-state index in [1.165, 1.54) is 0 Å². The molecule has 0 aromatic carbocycles. The van der Waals surface area contributed by atoms with Crippen molar-refractivity contribution in [3.05, 3.63) is 0 Å². The first-order valence-electron chi connectivity index (χ1n) is 5.95. The molecule has 0 N–H and O–H groups in total. The van der Waals surface area contributed by atoms with E-state index in [9.17, 15) is 8.42 Å². The third-order valence-electron chi connectivity index (χ3n) is 3.30. The van der Waals surface area contributed by atoms with Crippen molar-refractivity contribution in [1.82, 2.24) is 4.90 Å². The average Bonchev–Trinajstić information content (AvgIpc) is 2.63. The van der Waals surface area contributed by atoms with E-state index in [1.807, 2.05) is 0 Å². The molecule has 5 heteroatoms. The lowest BCUT2D eigenvalue weighted by atomic mass is 10.1. The van der Waals surface area contributed by atoms with E-state index in [-0.39, 0.29) is 11.0 Å². The summed E-state index contributed by atoms with van der Waals surface area (Å²) >= 11 is 5.71. The zero-order valence-electron chi connectivity index (χ0n) is 10.2. The molecule has 1 atom stereocenters. The Balaban J connectivity index is 2.30. The van der Waals surface area contributed by atoms with Gasteiger partial charge in [0.05, 0.1) is 11.0 Å². The summed E-state index contributed by atoms with van der Waals surface area (Å²) in [5, 5.41) is -0.256. The highest BCUT2D eigenvalue weighted by Gasteiger charge is 2.24. The van der Waals surface area contributed by atoms with Crippen LogP contribution in [0, 0.1) is 5.92 Å². The van der Waals surface area contributed by atoms with Gasteiger partial charge in [0.2, 0.25) is 0 Å². The van der Waals surface area contributed by atoms with E-state index in [0.29, 0.717) is 18.3 Å². The predicted molar refractivity (Wildman–Crippen MR) is 68.8 cm³/mol. The lowest BCUT2D eigenvalue weighted by molar-refractivity contribution is 0.341. The van der Waals surface area contributed by atoms with E-state index in [0.717, 1.165) is 25.9 Å². The molecule has 1 unspecified atom stereocenters. The quantitative estimate of drug-likeness (QED) is 0.689. The topological polar surface area (TPSA) is 37.4 Å². The minimum absolute atomic E-state index is 0.256. The molecule has 0 saturated carbocycles. The minimum atomic E-state index is -2.88. The summed E-state index contributed by atoms with van der Waals surface area (Å²) in [6.45, 7) is 6.21. The predicted octanol–water partition coefficient (Wildman–Crippen LogP) is 1.76. The molecular weight excluding hydrogens is 246 g/mol. The van der Waals surface area contributed by atoms with Crippen LogP contribution >= 0.6 is 11.6 Å². The Morgan fingerprint density at radius 1 is 1.44 bits per heavy atom. The van der Waals surface area contributed by atoms with Gasteiger partial charge >= 0.3 is 0 Å². The van der Waals surface area contributed by atoms with Gasteiger partial charge in [-0.3, -0.25) is 0 Å². The van der Waals surface area contributed by atoms with Crippen LogP contribution in [-0.4, -0.2) is 49.8 Å². The largest absolute Gasteiger partial charge is 0.302 e. The Bertz CT molecular complexity index is 303. The molecule has 16 heavy (non-hydrogen) atoms. The summed E-state index contributed by atoms with van der Waals surface area (Å²) in [5.74, 6) is 1.67. The number of rotatable bonds is 6. The molecular formula is C11H22ClNO2S. The van der Waals surface area contributed by atoms with Gasteiger partial charge in [0.15, 0.2) is 9.84 Å². The van der Waals surface area contributed by atoms with Crippen molar-refractivity contribution in [3.63, 3.8) is 0 Å². The van der Waals surface area contributed by atoms with Crippen LogP contribution in [0.25, 0.3) is 0 Å². The first-order chi connectivity index (χ1) is 7.45. The molecule has 3 nitrogen and oxygen atoms in total. The molecule has 0 aromatic heterocycles. The molecule has 1 aliphatic heterocycles. The maximum absolute atomic E-state index is 11.6. The summed E-state index contributed by atoms with van der Waals surface area (Å²) in [6.07, 6.45) is 2.21. The highest BCUT2D eigenvalue weighted by atomic mass is 35.5. The van der Waals surface area contributed by atoms with Crippen molar-refractivity contribution in [2.24, 2.45) is 5.92 Å². The van der Waals surface area contributed by atoms with E-state index in [2.05, 4.69) is 4.90 Å². The number of likely N-dealkylation sites (tertiary alicyclic amines) is 1. The third-order valence-corrected chi connectivity index (χ3v) is 5.70. The van der Waals surface area contributed by atoms with Crippen LogP contribution in [0.1, 0.15) is 26.7 Å². The number of hydrogen-bond donors (Lipinski definition) is 0. The summed E-state index contributed by atoms with van der Waals surface area (Å²) in [4.78, 5) is 2.25. The molecule has 96 valence electrons. The highest BCUT2D eigenvalue weighted by Crippen LogP contribution is 2.19. The molecule has 0 radical (unpaired) electrons. The van der Waals surface area contributed by atoms with Gasteiger partial charge in [-0.2, -0.15) is 0 Å². The Morgan fingerprint density at radius 3 is 2.69 bits per heavy atom. The lowest BCUT2D eigenvalue weighted by Gasteiger charge is -2.16. The smallest absolute Gasteiger partial charge is 0.153 e. The molecule has 0 bridgehead atoms. The van der Waals surface area contributed by atoms with Gasteiger partial charge in [-0.05, 0) is 39.2 Å². The van der Waals surface area contributed by atoms with Crippen LogP contribution in [0.5, 0.6) is 0 Å². The van der Waals surface area contributed by atoms with Gasteiger partial charge in [0.1, 0.15) is 0 Å². The molecule has 0 aliphatic carbocycles. The maximum atomic E-state index is 11.6. The summed E-state index contributed by atoms with van der Waals surface area (Å²) in [6, 6.07) is 0. The molecule has 1 saturated heterocycles. The van der Waals surface area contributed by atoms with Crippen molar-refractivity contribution in [2.75, 3.05) is 31.3 Å². The summed E-state index contributed by atoms with van der Waals surface area (Å²) in [5.41, 5.74) is 0. The van der Waals surface area contributed by atoms with E-state index in [4.69, 9.17) is 11.6 Å². The van der Waals surface area contributed by atoms with Crippen LogP contribution in [0.15, 0.2) is 0 Å². The maximum Gasteiger partial charge on any atom is 0.153 e. The molecule has 1 fully saturated rings. The van der Waals surface area contributed by atoms with Gasteiger partial charge in [-0.1, -0.05) is 0 Å². The molecule has 1 aliphatic rings. The SMILES string of the molecule is CC(C)S(=O)(=O)CCN1CCC(CCCl)C1. The van der Waals surface area contributed by atoms with Crippen LogP contribution in [-0.2, 0) is 9.84 Å². The van der Waals surface area contributed by atoms with E-state index < -0.39 is 9.84 Å². The van der Waals surface area contributed by atoms with E-state index >= 15 is 0 Å². The second-order valence-electron chi connectivity index (χ2n) is 4.85. The fourth-order valence-electron chi connectivity index (χ4n) is 2.00. The third kappa shape index (κ3) is 4.22. The number of alkyl halides is 1. The first-order valence-corrected chi connectivity index (χ1v) is 8.20. The number of halogens is 1. The second kappa shape index (κ2) is 6.22. The fourth-order valence-corrected chi connectivity index (χ4v) is 3.29.